The van der Waals surface area contributed by atoms with Gasteiger partial charge in [-0.1, -0.05) is 12.2 Å². The molecule has 2 aromatic carbocycles. The van der Waals surface area contributed by atoms with Crippen molar-refractivity contribution >= 4 is 24.0 Å². The molecule has 0 fully saturated rings. The Morgan fingerprint density at radius 2 is 1.41 bits per heavy atom. The number of phenols is 1. The molecule has 0 aliphatic rings. The topological polar surface area (TPSA) is 119 Å². The van der Waals surface area contributed by atoms with Crippen LogP contribution in [-0.4, -0.2) is 28.1 Å². The molecule has 0 bridgehead atoms. The number of phenolic OH excluding ortho intramolecular Hbond substituents is 1. The van der Waals surface area contributed by atoms with Gasteiger partial charge in [0.25, 0.3) is 0 Å². The second kappa shape index (κ2) is 9.52. The molecule has 0 heterocycles. The summed E-state index contributed by atoms with van der Waals surface area (Å²) in [5, 5.41) is 20.4. The Hall–Kier alpha value is -3.65. The first kappa shape index (κ1) is 21.6. The van der Waals surface area contributed by atoms with Gasteiger partial charge in [0, 0.05) is 44.0 Å². The zero-order valence-electron chi connectivity index (χ0n) is 16.0. The molecule has 0 amide bonds. The van der Waals surface area contributed by atoms with Crippen LogP contribution in [0.3, 0.4) is 0 Å². The minimum atomic E-state index is -1.19. The van der Waals surface area contributed by atoms with Crippen molar-refractivity contribution < 1.29 is 38.8 Å². The van der Waals surface area contributed by atoms with E-state index in [-0.39, 0.29) is 28.6 Å². The highest BCUT2D eigenvalue weighted by Crippen LogP contribution is 2.31. The van der Waals surface area contributed by atoms with Gasteiger partial charge in [-0.2, -0.15) is 0 Å². The van der Waals surface area contributed by atoms with E-state index in [1.54, 1.807) is 6.07 Å². The van der Waals surface area contributed by atoms with Crippen molar-refractivity contribution in [3.8, 4) is 23.0 Å². The number of aromatic hydroxyl groups is 1. The highest BCUT2D eigenvalue weighted by atomic mass is 16.5. The third-order valence-corrected chi connectivity index (χ3v) is 3.54. The van der Waals surface area contributed by atoms with Crippen molar-refractivity contribution in [1.82, 2.24) is 0 Å². The molecule has 0 aliphatic heterocycles. The second-order valence-corrected chi connectivity index (χ2v) is 6.01. The third-order valence-electron chi connectivity index (χ3n) is 3.54. The quantitative estimate of drug-likeness (QED) is 0.561. The number of aliphatic hydroxyl groups is 1. The van der Waals surface area contributed by atoms with E-state index >= 15 is 0 Å². The summed E-state index contributed by atoms with van der Waals surface area (Å²) in [4.78, 5) is 33.4. The molecule has 0 aromatic heterocycles. The van der Waals surface area contributed by atoms with E-state index in [9.17, 15) is 24.6 Å². The van der Waals surface area contributed by atoms with Crippen LogP contribution < -0.4 is 14.2 Å². The van der Waals surface area contributed by atoms with E-state index in [4.69, 9.17) is 14.2 Å². The van der Waals surface area contributed by atoms with Crippen molar-refractivity contribution in [2.45, 2.75) is 26.9 Å². The number of carbonyl (C=O) groups excluding carboxylic acids is 3. The Kier molecular flexibility index (Phi) is 7.10. The molecule has 1 atom stereocenters. The summed E-state index contributed by atoms with van der Waals surface area (Å²) in [6, 6.07) is 8.49. The molecule has 0 radical (unpaired) electrons. The Morgan fingerprint density at radius 3 is 1.97 bits per heavy atom. The fraction of sp³-hybridized carbons (Fsp3) is 0.190. The first-order valence-corrected chi connectivity index (χ1v) is 8.54. The third kappa shape index (κ3) is 6.47. The van der Waals surface area contributed by atoms with E-state index < -0.39 is 24.0 Å². The summed E-state index contributed by atoms with van der Waals surface area (Å²) in [6.07, 6.45) is 1.66. The number of hydrogen-bond acceptors (Lipinski definition) is 8. The average molecular weight is 400 g/mol. The summed E-state index contributed by atoms with van der Waals surface area (Å²) in [5.74, 6) is -1.41. The first-order valence-electron chi connectivity index (χ1n) is 8.54. The van der Waals surface area contributed by atoms with Gasteiger partial charge < -0.3 is 24.4 Å². The largest absolute Gasteiger partial charge is 0.507 e. The zero-order chi connectivity index (χ0) is 21.6. The number of benzene rings is 2. The van der Waals surface area contributed by atoms with Crippen LogP contribution in [0.5, 0.6) is 23.0 Å². The van der Waals surface area contributed by atoms with E-state index in [1.165, 1.54) is 63.3 Å². The van der Waals surface area contributed by atoms with Gasteiger partial charge in [-0.05, 0) is 24.3 Å². The molecule has 152 valence electrons. The summed E-state index contributed by atoms with van der Waals surface area (Å²) in [5.41, 5.74) is 0.619. The lowest BCUT2D eigenvalue weighted by Crippen LogP contribution is -2.05. The molecule has 8 heteroatoms. The number of rotatable bonds is 6. The monoisotopic (exact) mass is 400 g/mol. The zero-order valence-corrected chi connectivity index (χ0v) is 16.0. The van der Waals surface area contributed by atoms with Gasteiger partial charge in [0.15, 0.2) is 0 Å². The van der Waals surface area contributed by atoms with Gasteiger partial charge in [-0.3, -0.25) is 14.4 Å². The van der Waals surface area contributed by atoms with Crippen molar-refractivity contribution in [3.05, 3.63) is 53.6 Å². The second-order valence-electron chi connectivity index (χ2n) is 6.01. The lowest BCUT2D eigenvalue weighted by Gasteiger charge is -2.11. The average Bonchev–Trinajstić information content (AvgIpc) is 2.59. The minimum Gasteiger partial charge on any atom is -0.507 e. The van der Waals surface area contributed by atoms with Gasteiger partial charge in [0.05, 0.1) is 0 Å². The van der Waals surface area contributed by atoms with Crippen molar-refractivity contribution in [2.75, 3.05) is 0 Å². The van der Waals surface area contributed by atoms with Gasteiger partial charge in [0.2, 0.25) is 0 Å². The fourth-order valence-corrected chi connectivity index (χ4v) is 2.43. The summed E-state index contributed by atoms with van der Waals surface area (Å²) in [7, 11) is 0. The van der Waals surface area contributed by atoms with Crippen LogP contribution in [0.2, 0.25) is 0 Å². The predicted molar refractivity (Wildman–Crippen MR) is 102 cm³/mol. The normalized spacial score (nSPS) is 11.7. The summed E-state index contributed by atoms with van der Waals surface area (Å²) < 4.78 is 15.0. The van der Waals surface area contributed by atoms with Crippen LogP contribution in [0, 0.1) is 0 Å². The van der Waals surface area contributed by atoms with Crippen LogP contribution in [0.4, 0.5) is 0 Å². The number of carbonyl (C=O) groups is 3. The summed E-state index contributed by atoms with van der Waals surface area (Å²) in [6.45, 7) is 3.70. The van der Waals surface area contributed by atoms with Gasteiger partial charge in [-0.15, -0.1) is 0 Å². The number of esters is 3. The maximum atomic E-state index is 11.3. The van der Waals surface area contributed by atoms with Crippen molar-refractivity contribution in [1.29, 1.82) is 0 Å². The molecular weight excluding hydrogens is 380 g/mol. The Balaban J connectivity index is 2.26. The van der Waals surface area contributed by atoms with Crippen molar-refractivity contribution in [2.24, 2.45) is 0 Å². The minimum absolute atomic E-state index is 0.133. The summed E-state index contributed by atoms with van der Waals surface area (Å²) >= 11 is 0. The molecule has 1 unspecified atom stereocenters. The van der Waals surface area contributed by atoms with E-state index in [2.05, 4.69) is 0 Å². The molecule has 29 heavy (non-hydrogen) atoms. The van der Waals surface area contributed by atoms with Crippen molar-refractivity contribution in [3.63, 3.8) is 0 Å². The van der Waals surface area contributed by atoms with Gasteiger partial charge >= 0.3 is 17.9 Å². The maximum Gasteiger partial charge on any atom is 0.308 e. The highest BCUT2D eigenvalue weighted by molar-refractivity contribution is 5.74. The molecule has 2 N–H and O–H groups in total. The first-order chi connectivity index (χ1) is 13.7. The Morgan fingerprint density at radius 1 is 0.862 bits per heavy atom. The molecule has 0 spiro atoms. The SMILES string of the molecule is CC(=O)Oc1ccc(C(O)C=Cc2ccc(OC(C)=O)cc2OC(C)=O)c(O)c1. The molecular formula is C21H20O8. The van der Waals surface area contributed by atoms with Crippen LogP contribution in [0.15, 0.2) is 42.5 Å². The smallest absolute Gasteiger partial charge is 0.308 e. The van der Waals surface area contributed by atoms with Gasteiger partial charge in [0.1, 0.15) is 29.1 Å². The van der Waals surface area contributed by atoms with E-state index in [1.807, 2.05) is 0 Å². The molecule has 2 aromatic rings. The number of ether oxygens (including phenoxy) is 3. The molecule has 0 saturated heterocycles. The standard InChI is InChI=1S/C21H20O8/c1-12(22)27-16-7-8-18(20(26)10-16)19(25)9-5-15-4-6-17(28-13(2)23)11-21(15)29-14(3)24/h4-11,19,25-26H,1-3H3. The number of hydrogen-bond donors (Lipinski definition) is 2. The van der Waals surface area contributed by atoms with E-state index in [0.29, 0.717) is 5.56 Å². The van der Waals surface area contributed by atoms with Crippen LogP contribution >= 0.6 is 0 Å². The molecule has 0 saturated carbocycles. The Bertz CT molecular complexity index is 961. The Labute approximate surface area is 166 Å². The van der Waals surface area contributed by atoms with Gasteiger partial charge in [-0.25, -0.2) is 0 Å². The predicted octanol–water partition coefficient (Wildman–Crippen LogP) is 2.91. The van der Waals surface area contributed by atoms with Crippen LogP contribution in [-0.2, 0) is 14.4 Å². The van der Waals surface area contributed by atoms with E-state index in [0.717, 1.165) is 0 Å². The van der Waals surface area contributed by atoms with Crippen LogP contribution in [0.1, 0.15) is 38.0 Å². The lowest BCUT2D eigenvalue weighted by atomic mass is 10.1. The maximum absolute atomic E-state index is 11.3. The lowest BCUT2D eigenvalue weighted by molar-refractivity contribution is -0.133. The molecule has 2 rings (SSSR count). The highest BCUT2D eigenvalue weighted by Gasteiger charge is 2.13. The van der Waals surface area contributed by atoms with Crippen LogP contribution in [0.25, 0.3) is 6.08 Å². The fourth-order valence-electron chi connectivity index (χ4n) is 2.43. The molecule has 0 aliphatic carbocycles. The number of aliphatic hydroxyl groups excluding tert-OH is 1. The molecule has 8 nitrogen and oxygen atoms in total.